The van der Waals surface area contributed by atoms with Crippen molar-refractivity contribution in [3.8, 4) is 5.75 Å². The molecule has 0 unspecified atom stereocenters. The highest BCUT2D eigenvalue weighted by Gasteiger charge is 2.38. The Balaban J connectivity index is 2.12. The van der Waals surface area contributed by atoms with Gasteiger partial charge >= 0.3 is 0 Å². The Kier molecular flexibility index (Phi) is 3.68. The summed E-state index contributed by atoms with van der Waals surface area (Å²) >= 11 is 0. The van der Waals surface area contributed by atoms with Crippen LogP contribution in [0.4, 0.5) is 0 Å². The van der Waals surface area contributed by atoms with E-state index >= 15 is 0 Å². The number of methoxy groups -OCH3 is 1. The van der Waals surface area contributed by atoms with Crippen molar-refractivity contribution in [1.29, 1.82) is 0 Å². The number of hydrogen-bond acceptors (Lipinski definition) is 4. The van der Waals surface area contributed by atoms with E-state index in [1.807, 2.05) is 38.1 Å². The molecule has 1 saturated heterocycles. The van der Waals surface area contributed by atoms with Crippen molar-refractivity contribution in [3.05, 3.63) is 29.8 Å². The number of benzene rings is 1. The number of aldehydes is 1. The predicted octanol–water partition coefficient (Wildman–Crippen LogP) is 2.33. The van der Waals surface area contributed by atoms with E-state index in [2.05, 4.69) is 0 Å². The number of rotatable bonds is 3. The van der Waals surface area contributed by atoms with E-state index in [1.54, 1.807) is 7.11 Å². The molecule has 2 atom stereocenters. The van der Waals surface area contributed by atoms with Crippen LogP contribution >= 0.6 is 0 Å². The van der Waals surface area contributed by atoms with Gasteiger partial charge in [0.25, 0.3) is 0 Å². The predicted molar refractivity (Wildman–Crippen MR) is 66.4 cm³/mol. The van der Waals surface area contributed by atoms with Crippen LogP contribution < -0.4 is 4.74 Å². The molecule has 0 N–H and O–H groups in total. The first-order valence-electron chi connectivity index (χ1n) is 5.93. The number of ether oxygens (including phenoxy) is 3. The van der Waals surface area contributed by atoms with Gasteiger partial charge in [-0.1, -0.05) is 26.0 Å². The van der Waals surface area contributed by atoms with Crippen LogP contribution in [0.1, 0.15) is 25.7 Å². The van der Waals surface area contributed by atoms with Gasteiger partial charge < -0.3 is 19.0 Å². The molecule has 0 bridgehead atoms. The molecule has 1 aliphatic rings. The van der Waals surface area contributed by atoms with Crippen molar-refractivity contribution in [2.45, 2.75) is 26.2 Å². The molecule has 2 rings (SSSR count). The highest BCUT2D eigenvalue weighted by Crippen LogP contribution is 2.35. The van der Waals surface area contributed by atoms with E-state index < -0.39 is 12.4 Å². The molecule has 0 spiro atoms. The summed E-state index contributed by atoms with van der Waals surface area (Å²) in [5, 5.41) is 0. The molecule has 0 aliphatic carbocycles. The SMILES string of the molecule is COc1ccc([C@H]2OCC(C)(C)[C@@H](C=O)O2)cc1. The van der Waals surface area contributed by atoms with Crippen LogP contribution in [0.3, 0.4) is 0 Å². The monoisotopic (exact) mass is 250 g/mol. The van der Waals surface area contributed by atoms with Gasteiger partial charge in [-0.3, -0.25) is 0 Å². The summed E-state index contributed by atoms with van der Waals surface area (Å²) in [6.45, 7) is 4.40. The molecular formula is C14H18O4. The third-order valence-corrected chi connectivity index (χ3v) is 3.16. The summed E-state index contributed by atoms with van der Waals surface area (Å²) in [5.74, 6) is 0.779. The van der Waals surface area contributed by atoms with Gasteiger partial charge in [0, 0.05) is 11.0 Å². The standard InChI is InChI=1S/C14H18O4/c1-14(2)9-17-13(18-12(14)8-15)10-4-6-11(16-3)7-5-10/h4-8,12-13H,9H2,1-3H3/t12-,13+/m1/s1. The fourth-order valence-electron chi connectivity index (χ4n) is 1.88. The maximum Gasteiger partial charge on any atom is 0.184 e. The Morgan fingerprint density at radius 2 is 2.00 bits per heavy atom. The average Bonchev–Trinajstić information content (AvgIpc) is 2.39. The molecule has 1 aromatic rings. The summed E-state index contributed by atoms with van der Waals surface area (Å²) in [5.41, 5.74) is 0.600. The minimum absolute atomic E-state index is 0.287. The molecule has 4 heteroatoms. The van der Waals surface area contributed by atoms with Crippen molar-refractivity contribution < 1.29 is 19.0 Å². The van der Waals surface area contributed by atoms with Crippen LogP contribution in [0.5, 0.6) is 5.75 Å². The highest BCUT2D eigenvalue weighted by atomic mass is 16.7. The lowest BCUT2D eigenvalue weighted by atomic mass is 9.87. The molecule has 1 heterocycles. The van der Waals surface area contributed by atoms with Crippen molar-refractivity contribution >= 4 is 6.29 Å². The zero-order chi connectivity index (χ0) is 13.2. The number of carbonyl (C=O) groups excluding carboxylic acids is 1. The van der Waals surface area contributed by atoms with Crippen LogP contribution in [-0.2, 0) is 14.3 Å². The van der Waals surface area contributed by atoms with Crippen LogP contribution in [0.2, 0.25) is 0 Å². The van der Waals surface area contributed by atoms with Crippen LogP contribution in [0.25, 0.3) is 0 Å². The molecular weight excluding hydrogens is 232 g/mol. The van der Waals surface area contributed by atoms with Gasteiger partial charge in [0.15, 0.2) is 6.29 Å². The maximum absolute atomic E-state index is 11.1. The second-order valence-corrected chi connectivity index (χ2v) is 5.10. The Labute approximate surface area is 107 Å². The Bertz CT molecular complexity index is 410. The van der Waals surface area contributed by atoms with Gasteiger partial charge in [-0.2, -0.15) is 0 Å². The lowest BCUT2D eigenvalue weighted by Crippen LogP contribution is -2.43. The van der Waals surface area contributed by atoms with Crippen LogP contribution in [0.15, 0.2) is 24.3 Å². The average molecular weight is 250 g/mol. The highest BCUT2D eigenvalue weighted by molar-refractivity contribution is 5.57. The summed E-state index contributed by atoms with van der Waals surface area (Å²) in [6.07, 6.45) is -0.0866. The Morgan fingerprint density at radius 3 is 2.56 bits per heavy atom. The third kappa shape index (κ3) is 2.54. The molecule has 1 aromatic carbocycles. The topological polar surface area (TPSA) is 44.8 Å². The lowest BCUT2D eigenvalue weighted by molar-refractivity contribution is -0.253. The smallest absolute Gasteiger partial charge is 0.184 e. The Hall–Kier alpha value is -1.39. The largest absolute Gasteiger partial charge is 0.497 e. The quantitative estimate of drug-likeness (QED) is 0.772. The summed E-state index contributed by atoms with van der Waals surface area (Å²) in [4.78, 5) is 11.1. The lowest BCUT2D eigenvalue weighted by Gasteiger charge is -2.39. The zero-order valence-electron chi connectivity index (χ0n) is 10.9. The van der Waals surface area contributed by atoms with E-state index in [1.165, 1.54) is 0 Å². The van der Waals surface area contributed by atoms with Crippen molar-refractivity contribution in [1.82, 2.24) is 0 Å². The normalized spacial score (nSPS) is 26.6. The second-order valence-electron chi connectivity index (χ2n) is 5.10. The van der Waals surface area contributed by atoms with E-state index in [0.29, 0.717) is 6.61 Å². The molecule has 1 aliphatic heterocycles. The first-order valence-corrected chi connectivity index (χ1v) is 5.93. The van der Waals surface area contributed by atoms with Gasteiger partial charge in [0.1, 0.15) is 18.1 Å². The maximum atomic E-state index is 11.1. The van der Waals surface area contributed by atoms with Gasteiger partial charge in [0.2, 0.25) is 0 Å². The summed E-state index contributed by atoms with van der Waals surface area (Å²) in [7, 11) is 1.62. The fraction of sp³-hybridized carbons (Fsp3) is 0.500. The minimum Gasteiger partial charge on any atom is -0.497 e. The van der Waals surface area contributed by atoms with E-state index in [9.17, 15) is 4.79 Å². The second kappa shape index (κ2) is 5.08. The molecule has 18 heavy (non-hydrogen) atoms. The zero-order valence-corrected chi connectivity index (χ0v) is 10.9. The first-order chi connectivity index (χ1) is 8.56. The Morgan fingerprint density at radius 1 is 1.33 bits per heavy atom. The third-order valence-electron chi connectivity index (χ3n) is 3.16. The summed E-state index contributed by atoms with van der Waals surface area (Å²) in [6, 6.07) is 7.45. The molecule has 0 aromatic heterocycles. The van der Waals surface area contributed by atoms with E-state index in [-0.39, 0.29) is 5.41 Å². The number of hydrogen-bond donors (Lipinski definition) is 0. The van der Waals surface area contributed by atoms with Crippen LogP contribution in [0, 0.1) is 5.41 Å². The molecule has 1 fully saturated rings. The minimum atomic E-state index is -0.487. The molecule has 4 nitrogen and oxygen atoms in total. The summed E-state index contributed by atoms with van der Waals surface area (Å²) < 4.78 is 16.4. The van der Waals surface area contributed by atoms with E-state index in [4.69, 9.17) is 14.2 Å². The van der Waals surface area contributed by atoms with Crippen molar-refractivity contribution in [2.24, 2.45) is 5.41 Å². The van der Waals surface area contributed by atoms with E-state index in [0.717, 1.165) is 17.6 Å². The van der Waals surface area contributed by atoms with Crippen LogP contribution in [-0.4, -0.2) is 26.1 Å². The molecule has 0 radical (unpaired) electrons. The molecule has 98 valence electrons. The fourth-order valence-corrected chi connectivity index (χ4v) is 1.88. The number of carbonyl (C=O) groups is 1. The first kappa shape index (κ1) is 13.1. The van der Waals surface area contributed by atoms with Gasteiger partial charge in [-0.15, -0.1) is 0 Å². The molecule has 0 amide bonds. The molecule has 0 saturated carbocycles. The van der Waals surface area contributed by atoms with Gasteiger partial charge in [-0.25, -0.2) is 0 Å². The van der Waals surface area contributed by atoms with Crippen molar-refractivity contribution in [3.63, 3.8) is 0 Å². The van der Waals surface area contributed by atoms with Gasteiger partial charge in [-0.05, 0) is 12.1 Å². The van der Waals surface area contributed by atoms with Crippen molar-refractivity contribution in [2.75, 3.05) is 13.7 Å². The van der Waals surface area contributed by atoms with Gasteiger partial charge in [0.05, 0.1) is 13.7 Å².